The monoisotopic (exact) mass is 320 g/mol. The van der Waals surface area contributed by atoms with Crippen molar-refractivity contribution in [3.8, 4) is 0 Å². The van der Waals surface area contributed by atoms with Gasteiger partial charge in [-0.1, -0.05) is 86.5 Å². The Bertz CT molecular complexity index is 654. The van der Waals surface area contributed by atoms with E-state index in [1.807, 2.05) is 12.5 Å². The summed E-state index contributed by atoms with van der Waals surface area (Å²) in [6.07, 6.45) is 8.58. The first-order valence-electron chi connectivity index (χ1n) is 8.47. The lowest BCUT2D eigenvalue weighted by Gasteiger charge is -2.37. The fourth-order valence-electron chi connectivity index (χ4n) is 3.43. The zero-order chi connectivity index (χ0) is 16.0. The first kappa shape index (κ1) is 15.8. The van der Waals surface area contributed by atoms with Crippen LogP contribution in [0.1, 0.15) is 30.9 Å². The Balaban J connectivity index is 2.17. The fraction of sp³-hybridized carbons (Fsp3) is 0.250. The highest BCUT2D eigenvalue weighted by Crippen LogP contribution is 2.34. The molecule has 0 bridgehead atoms. The Morgan fingerprint density at radius 2 is 1.57 bits per heavy atom. The van der Waals surface area contributed by atoms with Crippen molar-refractivity contribution in [1.82, 2.24) is 9.55 Å². The lowest BCUT2D eigenvalue weighted by molar-refractivity contribution is 0.588. The van der Waals surface area contributed by atoms with Crippen molar-refractivity contribution in [2.75, 3.05) is 0 Å². The third-order valence-electron chi connectivity index (χ3n) is 4.59. The summed E-state index contributed by atoms with van der Waals surface area (Å²) in [5.41, 5.74) is 2.76. The minimum Gasteiger partial charge on any atom is -0.327 e. The number of imidazole rings is 1. The molecule has 118 valence electrons. The van der Waals surface area contributed by atoms with Crippen molar-refractivity contribution in [3.05, 3.63) is 90.5 Å². The summed E-state index contributed by atoms with van der Waals surface area (Å²) >= 11 is 0. The number of benzene rings is 2. The maximum atomic E-state index is 4.35. The Labute approximate surface area is 141 Å². The van der Waals surface area contributed by atoms with Gasteiger partial charge in [-0.15, -0.1) is 0 Å². The van der Waals surface area contributed by atoms with Crippen LogP contribution in [-0.4, -0.2) is 19.1 Å². The molecule has 2 aromatic carbocycles. The van der Waals surface area contributed by atoms with Crippen molar-refractivity contribution in [2.24, 2.45) is 0 Å². The average Bonchev–Trinajstić information content (AvgIpc) is 3.15. The molecule has 0 N–H and O–H groups in total. The van der Waals surface area contributed by atoms with Crippen LogP contribution in [0.5, 0.6) is 0 Å². The van der Waals surface area contributed by atoms with Crippen LogP contribution in [0, 0.1) is 0 Å². The highest BCUT2D eigenvalue weighted by molar-refractivity contribution is 6.41. The average molecular weight is 321 g/mol. The lowest BCUT2D eigenvalue weighted by Crippen LogP contribution is -2.41. The standard InChI is InChI=1S/C20H24N2Si/c1-2-3-16-23-20(22-15-14-21-17-22,18-10-6-4-7-11-18)19-12-8-5-9-13-19/h4-15,17H,2-3,16,23H2,1H3. The molecule has 0 fully saturated rings. The predicted molar refractivity (Wildman–Crippen MR) is 99.5 cm³/mol. The highest BCUT2D eigenvalue weighted by Gasteiger charge is 2.35. The van der Waals surface area contributed by atoms with Gasteiger partial charge in [0.25, 0.3) is 0 Å². The van der Waals surface area contributed by atoms with Crippen molar-refractivity contribution >= 4 is 9.52 Å². The maximum absolute atomic E-state index is 4.35. The van der Waals surface area contributed by atoms with Crippen LogP contribution in [0.3, 0.4) is 0 Å². The first-order chi connectivity index (χ1) is 11.4. The van der Waals surface area contributed by atoms with Gasteiger partial charge in [0.05, 0.1) is 21.0 Å². The van der Waals surface area contributed by atoms with E-state index in [4.69, 9.17) is 0 Å². The van der Waals surface area contributed by atoms with E-state index < -0.39 is 9.52 Å². The van der Waals surface area contributed by atoms with Gasteiger partial charge in [0.2, 0.25) is 0 Å². The normalized spacial score (nSPS) is 12.0. The summed E-state index contributed by atoms with van der Waals surface area (Å²) in [5.74, 6) is 0. The number of aromatic nitrogens is 2. The number of unbranched alkanes of at least 4 members (excludes halogenated alkanes) is 1. The topological polar surface area (TPSA) is 17.8 Å². The second-order valence-electron chi connectivity index (χ2n) is 6.02. The molecule has 0 radical (unpaired) electrons. The van der Waals surface area contributed by atoms with Gasteiger partial charge in [0, 0.05) is 12.4 Å². The third-order valence-corrected chi connectivity index (χ3v) is 7.35. The predicted octanol–water partition coefficient (Wildman–Crippen LogP) is 4.02. The molecule has 2 nitrogen and oxygen atoms in total. The molecule has 23 heavy (non-hydrogen) atoms. The second kappa shape index (κ2) is 7.42. The number of nitrogens with zero attached hydrogens (tertiary/aromatic N) is 2. The van der Waals surface area contributed by atoms with Gasteiger partial charge in [-0.05, 0) is 11.1 Å². The summed E-state index contributed by atoms with van der Waals surface area (Å²) in [5, 5.41) is -0.0474. The van der Waals surface area contributed by atoms with Crippen LogP contribution in [-0.2, 0) is 5.16 Å². The molecule has 0 spiro atoms. The smallest absolute Gasteiger partial charge is 0.0953 e. The van der Waals surface area contributed by atoms with Crippen LogP contribution in [0.4, 0.5) is 0 Å². The van der Waals surface area contributed by atoms with Crippen LogP contribution in [0.2, 0.25) is 6.04 Å². The van der Waals surface area contributed by atoms with E-state index in [0.29, 0.717) is 0 Å². The van der Waals surface area contributed by atoms with E-state index >= 15 is 0 Å². The third kappa shape index (κ3) is 3.15. The number of hydrogen-bond acceptors (Lipinski definition) is 1. The van der Waals surface area contributed by atoms with Crippen molar-refractivity contribution in [3.63, 3.8) is 0 Å². The Morgan fingerprint density at radius 1 is 0.957 bits per heavy atom. The molecule has 0 saturated heterocycles. The van der Waals surface area contributed by atoms with Gasteiger partial charge in [-0.2, -0.15) is 0 Å². The molecule has 0 aliphatic rings. The molecular weight excluding hydrogens is 296 g/mol. The number of hydrogen-bond donors (Lipinski definition) is 0. The molecular formula is C20H24N2Si. The van der Waals surface area contributed by atoms with Crippen LogP contribution < -0.4 is 0 Å². The largest absolute Gasteiger partial charge is 0.327 e. The number of rotatable bonds is 7. The first-order valence-corrected chi connectivity index (χ1v) is 10.2. The molecule has 0 amide bonds. The summed E-state index contributed by atoms with van der Waals surface area (Å²) in [6, 6.07) is 23.2. The second-order valence-corrected chi connectivity index (χ2v) is 8.25. The Hall–Kier alpha value is -2.13. The highest BCUT2D eigenvalue weighted by atomic mass is 28.2. The van der Waals surface area contributed by atoms with Gasteiger partial charge in [0.15, 0.2) is 0 Å². The Kier molecular flexibility index (Phi) is 5.08. The molecule has 1 aromatic heterocycles. The van der Waals surface area contributed by atoms with Gasteiger partial charge in [0.1, 0.15) is 0 Å². The molecule has 0 aliphatic heterocycles. The zero-order valence-corrected chi connectivity index (χ0v) is 15.1. The molecule has 0 atom stereocenters. The van der Waals surface area contributed by atoms with Gasteiger partial charge < -0.3 is 4.57 Å². The minimum absolute atomic E-state index is 0.0474. The van der Waals surface area contributed by atoms with Gasteiger partial charge >= 0.3 is 0 Å². The quantitative estimate of drug-likeness (QED) is 0.475. The SMILES string of the molecule is CCCC[SiH2]C(c1ccccc1)(c1ccccc1)n1ccnc1. The minimum atomic E-state index is -0.435. The van der Waals surface area contributed by atoms with Crippen molar-refractivity contribution < 1.29 is 0 Å². The Morgan fingerprint density at radius 3 is 2.04 bits per heavy atom. The van der Waals surface area contributed by atoms with E-state index in [1.54, 1.807) is 0 Å². The molecule has 3 rings (SSSR count). The van der Waals surface area contributed by atoms with Crippen LogP contribution in [0.25, 0.3) is 0 Å². The zero-order valence-electron chi connectivity index (χ0n) is 13.7. The van der Waals surface area contributed by atoms with Gasteiger partial charge in [-0.3, -0.25) is 0 Å². The molecule has 3 aromatic rings. The summed E-state index contributed by atoms with van der Waals surface area (Å²) < 4.78 is 2.33. The molecule has 1 heterocycles. The maximum Gasteiger partial charge on any atom is 0.0953 e. The lowest BCUT2D eigenvalue weighted by atomic mass is 9.97. The van der Waals surface area contributed by atoms with Gasteiger partial charge in [-0.25, -0.2) is 4.98 Å². The van der Waals surface area contributed by atoms with Crippen molar-refractivity contribution in [2.45, 2.75) is 31.0 Å². The van der Waals surface area contributed by atoms with Crippen LogP contribution in [0.15, 0.2) is 79.4 Å². The van der Waals surface area contributed by atoms with Crippen LogP contribution >= 0.6 is 0 Å². The molecule has 0 unspecified atom stereocenters. The fourth-order valence-corrected chi connectivity index (χ4v) is 6.18. The van der Waals surface area contributed by atoms with E-state index in [1.165, 1.54) is 30.0 Å². The molecule has 3 heteroatoms. The van der Waals surface area contributed by atoms with E-state index in [-0.39, 0.29) is 5.16 Å². The summed E-state index contributed by atoms with van der Waals surface area (Å²) in [6.45, 7) is 2.28. The van der Waals surface area contributed by atoms with E-state index in [9.17, 15) is 0 Å². The summed E-state index contributed by atoms with van der Waals surface area (Å²) in [7, 11) is -0.435. The van der Waals surface area contributed by atoms with E-state index in [0.717, 1.165) is 0 Å². The molecule has 0 aliphatic carbocycles. The van der Waals surface area contributed by atoms with Crippen molar-refractivity contribution in [1.29, 1.82) is 0 Å². The molecule has 0 saturated carbocycles. The summed E-state index contributed by atoms with van der Waals surface area (Å²) in [4.78, 5) is 4.35. The van der Waals surface area contributed by atoms with E-state index in [2.05, 4.69) is 83.3 Å².